The first-order chi connectivity index (χ1) is 3.93. The summed E-state index contributed by atoms with van der Waals surface area (Å²) in [5.41, 5.74) is 0. The van der Waals surface area contributed by atoms with Gasteiger partial charge in [-0.2, -0.15) is 5.26 Å². The minimum absolute atomic E-state index is 0.983. The Morgan fingerprint density at radius 2 is 1.75 bits per heavy atom. The van der Waals surface area contributed by atoms with E-state index in [-0.39, 0.29) is 0 Å². The van der Waals surface area contributed by atoms with Crippen LogP contribution >= 0.6 is 0 Å². The predicted octanol–water partition coefficient (Wildman–Crippen LogP) is 0.953. The Morgan fingerprint density at radius 3 is 2.12 bits per heavy atom. The minimum Gasteiger partial charge on any atom is -0.311 e. The third-order valence-corrected chi connectivity index (χ3v) is 1.50. The fourth-order valence-electron chi connectivity index (χ4n) is 0.994. The first kappa shape index (κ1) is 5.43. The van der Waals surface area contributed by atoms with Gasteiger partial charge in [0.15, 0.2) is 6.19 Å². The first-order valence-corrected chi connectivity index (χ1v) is 3.08. The van der Waals surface area contributed by atoms with E-state index < -0.39 is 0 Å². The van der Waals surface area contributed by atoms with E-state index in [1.807, 2.05) is 4.90 Å². The Kier molecular flexibility index (Phi) is 1.74. The Balaban J connectivity index is 2.25. The summed E-state index contributed by atoms with van der Waals surface area (Å²) in [5, 5.41) is 8.37. The maximum Gasteiger partial charge on any atom is 0.179 e. The Bertz CT molecular complexity index is 97.6. The molecule has 0 bridgehead atoms. The molecular formula is C6H10N2. The van der Waals surface area contributed by atoms with Gasteiger partial charge in [0, 0.05) is 13.1 Å². The number of nitriles is 1. The zero-order valence-corrected chi connectivity index (χ0v) is 4.93. The third-order valence-electron chi connectivity index (χ3n) is 1.50. The van der Waals surface area contributed by atoms with Crippen molar-refractivity contribution in [1.29, 1.82) is 5.26 Å². The fourth-order valence-corrected chi connectivity index (χ4v) is 0.994. The summed E-state index contributed by atoms with van der Waals surface area (Å²) >= 11 is 0. The van der Waals surface area contributed by atoms with Crippen LogP contribution in [0.2, 0.25) is 0 Å². The normalized spacial score (nSPS) is 20.1. The molecule has 44 valence electrons. The average molecular weight is 110 g/mol. The molecule has 0 aromatic rings. The van der Waals surface area contributed by atoms with E-state index in [1.54, 1.807) is 0 Å². The minimum atomic E-state index is 0.983. The highest BCUT2D eigenvalue weighted by Gasteiger charge is 2.05. The molecule has 1 aliphatic rings. The second-order valence-electron chi connectivity index (χ2n) is 2.15. The molecule has 0 spiro atoms. The summed E-state index contributed by atoms with van der Waals surface area (Å²) in [4.78, 5) is 1.82. The summed E-state index contributed by atoms with van der Waals surface area (Å²) in [7, 11) is 0. The molecule has 0 aromatic heterocycles. The van der Waals surface area contributed by atoms with E-state index >= 15 is 0 Å². The second kappa shape index (κ2) is 2.56. The van der Waals surface area contributed by atoms with Gasteiger partial charge >= 0.3 is 0 Å². The van der Waals surface area contributed by atoms with Crippen molar-refractivity contribution in [2.45, 2.75) is 19.3 Å². The molecule has 1 fully saturated rings. The lowest BCUT2D eigenvalue weighted by Crippen LogP contribution is -2.24. The van der Waals surface area contributed by atoms with Crippen molar-refractivity contribution in [3.05, 3.63) is 0 Å². The van der Waals surface area contributed by atoms with Gasteiger partial charge in [0.25, 0.3) is 0 Å². The number of hydrogen-bond donors (Lipinski definition) is 0. The van der Waals surface area contributed by atoms with Gasteiger partial charge in [0.2, 0.25) is 0 Å². The highest BCUT2D eigenvalue weighted by atomic mass is 15.1. The summed E-state index contributed by atoms with van der Waals surface area (Å²) in [6.45, 7) is 1.97. The second-order valence-corrected chi connectivity index (χ2v) is 2.15. The van der Waals surface area contributed by atoms with E-state index in [9.17, 15) is 0 Å². The molecule has 0 aliphatic carbocycles. The standard InChI is InChI=1S/C6H10N2/c7-6-8-4-2-1-3-5-8/h1-5H2. The van der Waals surface area contributed by atoms with Crippen LogP contribution in [-0.2, 0) is 0 Å². The largest absolute Gasteiger partial charge is 0.311 e. The van der Waals surface area contributed by atoms with Crippen molar-refractivity contribution < 1.29 is 0 Å². The topological polar surface area (TPSA) is 27.0 Å². The van der Waals surface area contributed by atoms with Crippen LogP contribution in [0.4, 0.5) is 0 Å². The van der Waals surface area contributed by atoms with Crippen molar-refractivity contribution in [3.8, 4) is 6.19 Å². The highest BCUT2D eigenvalue weighted by Crippen LogP contribution is 2.05. The smallest absolute Gasteiger partial charge is 0.179 e. The average Bonchev–Trinajstić information content (AvgIpc) is 1.90. The van der Waals surface area contributed by atoms with Crippen molar-refractivity contribution in [3.63, 3.8) is 0 Å². The maximum atomic E-state index is 8.37. The van der Waals surface area contributed by atoms with Crippen LogP contribution in [0.1, 0.15) is 19.3 Å². The molecular weight excluding hydrogens is 100 g/mol. The van der Waals surface area contributed by atoms with Crippen molar-refractivity contribution in [1.82, 2.24) is 4.90 Å². The molecule has 1 aliphatic heterocycles. The molecule has 0 saturated carbocycles. The van der Waals surface area contributed by atoms with Crippen LogP contribution in [0.5, 0.6) is 0 Å². The van der Waals surface area contributed by atoms with Crippen molar-refractivity contribution in [2.75, 3.05) is 13.1 Å². The lowest BCUT2D eigenvalue weighted by molar-refractivity contribution is 0.322. The van der Waals surface area contributed by atoms with Gasteiger partial charge in [-0.05, 0) is 19.3 Å². The molecule has 1 saturated heterocycles. The van der Waals surface area contributed by atoms with E-state index in [2.05, 4.69) is 6.19 Å². The van der Waals surface area contributed by atoms with Gasteiger partial charge in [0.05, 0.1) is 0 Å². The molecule has 0 atom stereocenters. The van der Waals surface area contributed by atoms with Crippen LogP contribution in [0, 0.1) is 11.5 Å². The van der Waals surface area contributed by atoms with Gasteiger partial charge in [-0.25, -0.2) is 0 Å². The number of piperidine rings is 1. The number of rotatable bonds is 0. The van der Waals surface area contributed by atoms with Crippen LogP contribution < -0.4 is 0 Å². The molecule has 2 heteroatoms. The third kappa shape index (κ3) is 1.13. The van der Waals surface area contributed by atoms with E-state index in [0.717, 1.165) is 13.1 Å². The zero-order chi connectivity index (χ0) is 5.82. The summed E-state index contributed by atoms with van der Waals surface area (Å²) in [6, 6.07) is 0. The quantitative estimate of drug-likeness (QED) is 0.434. The van der Waals surface area contributed by atoms with Gasteiger partial charge in [-0.3, -0.25) is 0 Å². The van der Waals surface area contributed by atoms with Crippen molar-refractivity contribution >= 4 is 0 Å². The van der Waals surface area contributed by atoms with Gasteiger partial charge in [-0.15, -0.1) is 0 Å². The molecule has 0 unspecified atom stereocenters. The SMILES string of the molecule is N#CN1CCCCC1. The predicted molar refractivity (Wildman–Crippen MR) is 31.0 cm³/mol. The number of nitrogens with zero attached hydrogens (tertiary/aromatic N) is 2. The van der Waals surface area contributed by atoms with E-state index in [4.69, 9.17) is 5.26 Å². The molecule has 0 radical (unpaired) electrons. The Labute approximate surface area is 49.7 Å². The van der Waals surface area contributed by atoms with Crippen LogP contribution in [0.3, 0.4) is 0 Å². The van der Waals surface area contributed by atoms with E-state index in [0.29, 0.717) is 0 Å². The molecule has 1 rings (SSSR count). The summed E-state index contributed by atoms with van der Waals surface area (Å²) in [5.74, 6) is 0. The number of hydrogen-bond acceptors (Lipinski definition) is 2. The number of likely N-dealkylation sites (tertiary alicyclic amines) is 1. The van der Waals surface area contributed by atoms with Gasteiger partial charge in [-0.1, -0.05) is 0 Å². The molecule has 0 amide bonds. The summed E-state index contributed by atoms with van der Waals surface area (Å²) in [6.07, 6.45) is 5.84. The van der Waals surface area contributed by atoms with Crippen LogP contribution in [-0.4, -0.2) is 18.0 Å². The Hall–Kier alpha value is -0.710. The first-order valence-electron chi connectivity index (χ1n) is 3.08. The molecule has 8 heavy (non-hydrogen) atoms. The van der Waals surface area contributed by atoms with E-state index in [1.165, 1.54) is 19.3 Å². The fraction of sp³-hybridized carbons (Fsp3) is 0.833. The zero-order valence-electron chi connectivity index (χ0n) is 4.93. The molecule has 0 N–H and O–H groups in total. The monoisotopic (exact) mass is 110 g/mol. The van der Waals surface area contributed by atoms with Gasteiger partial charge in [0.1, 0.15) is 0 Å². The highest BCUT2D eigenvalue weighted by molar-refractivity contribution is 4.76. The molecule has 0 aromatic carbocycles. The van der Waals surface area contributed by atoms with Gasteiger partial charge < -0.3 is 4.90 Å². The lowest BCUT2D eigenvalue weighted by Gasteiger charge is -2.19. The molecule has 1 heterocycles. The Morgan fingerprint density at radius 1 is 1.12 bits per heavy atom. The lowest BCUT2D eigenvalue weighted by atomic mass is 10.1. The van der Waals surface area contributed by atoms with Crippen LogP contribution in [0.25, 0.3) is 0 Å². The molecule has 2 nitrogen and oxygen atoms in total. The summed E-state index contributed by atoms with van der Waals surface area (Å²) < 4.78 is 0. The van der Waals surface area contributed by atoms with Crippen LogP contribution in [0.15, 0.2) is 0 Å². The van der Waals surface area contributed by atoms with Crippen molar-refractivity contribution in [2.24, 2.45) is 0 Å². The maximum absolute atomic E-state index is 8.37.